The van der Waals surface area contributed by atoms with E-state index in [-0.39, 0.29) is 0 Å². The number of carbonyl (C=O) groups is 1. The first-order chi connectivity index (χ1) is 13.5. The Labute approximate surface area is 168 Å². The van der Waals surface area contributed by atoms with Gasteiger partial charge in [-0.05, 0) is 43.5 Å². The number of nitrogens with zero attached hydrogens (tertiary/aromatic N) is 1. The highest BCUT2D eigenvalue weighted by atomic mass is 31.2. The summed E-state index contributed by atoms with van der Waals surface area (Å²) >= 11 is 0. The Morgan fingerprint density at radius 1 is 1.18 bits per heavy atom. The van der Waals surface area contributed by atoms with E-state index in [0.717, 1.165) is 32.1 Å². The van der Waals surface area contributed by atoms with Gasteiger partial charge in [0.25, 0.3) is 0 Å². The quantitative estimate of drug-likeness (QED) is 0.410. The fraction of sp³-hybridized carbons (Fsp3) is 0.667. The third-order valence-electron chi connectivity index (χ3n) is 5.25. The minimum absolute atomic E-state index is 0.358. The molecule has 1 fully saturated rings. The van der Waals surface area contributed by atoms with Gasteiger partial charge in [-0.25, -0.2) is 4.67 Å². The second kappa shape index (κ2) is 11.6. The summed E-state index contributed by atoms with van der Waals surface area (Å²) in [5.74, 6) is -0.520. The summed E-state index contributed by atoms with van der Waals surface area (Å²) in [5, 5.41) is 12.5. The zero-order valence-corrected chi connectivity index (χ0v) is 18.0. The van der Waals surface area contributed by atoms with Gasteiger partial charge in [0.15, 0.2) is 0 Å². The summed E-state index contributed by atoms with van der Waals surface area (Å²) in [6.07, 6.45) is 8.34. The van der Waals surface area contributed by atoms with Crippen LogP contribution in [0.25, 0.3) is 0 Å². The molecule has 2 unspecified atom stereocenters. The van der Waals surface area contributed by atoms with Crippen molar-refractivity contribution in [1.29, 1.82) is 0 Å². The molecule has 0 spiro atoms. The van der Waals surface area contributed by atoms with Crippen LogP contribution < -0.4 is 15.1 Å². The van der Waals surface area contributed by atoms with E-state index in [1.54, 1.807) is 36.0 Å². The molecule has 0 aliphatic carbocycles. The number of methoxy groups -OCH3 is 1. The third-order valence-corrected chi connectivity index (χ3v) is 7.89. The van der Waals surface area contributed by atoms with E-state index < -0.39 is 19.5 Å². The minimum Gasteiger partial charge on any atom is -0.548 e. The highest BCUT2D eigenvalue weighted by molar-refractivity contribution is 7.64. The Bertz CT molecular complexity index is 649. The zero-order valence-electron chi connectivity index (χ0n) is 17.1. The Morgan fingerprint density at radius 3 is 2.50 bits per heavy atom. The Balaban J connectivity index is 2.17. The maximum absolute atomic E-state index is 13.9. The zero-order chi connectivity index (χ0) is 20.4. The number of carboxylic acids is 1. The molecule has 28 heavy (non-hydrogen) atoms. The topological polar surface area (TPSA) is 78.9 Å². The van der Waals surface area contributed by atoms with Gasteiger partial charge in [-0.2, -0.15) is 0 Å². The molecule has 1 aromatic carbocycles. The number of hydrogen-bond acceptors (Lipinski definition) is 5. The lowest BCUT2D eigenvalue weighted by Gasteiger charge is -2.36. The molecule has 1 heterocycles. The molecule has 2 rings (SSSR count). The number of benzene rings is 1. The van der Waals surface area contributed by atoms with Crippen LogP contribution in [0.4, 0.5) is 0 Å². The smallest absolute Gasteiger partial charge is 0.302 e. The molecule has 0 radical (unpaired) electrons. The summed E-state index contributed by atoms with van der Waals surface area (Å²) in [6.45, 7) is 2.95. The predicted octanol–water partition coefficient (Wildman–Crippen LogP) is 3.50. The SMILES string of the molecule is CCCCCCCCC(C(=O)[O-])N1CCCCOP1(=O)c1ccc(OC)cc1. The van der Waals surface area contributed by atoms with Crippen molar-refractivity contribution < 1.29 is 23.7 Å². The highest BCUT2D eigenvalue weighted by Crippen LogP contribution is 2.53. The Morgan fingerprint density at radius 2 is 1.86 bits per heavy atom. The normalized spacial score (nSPS) is 21.8. The molecule has 1 aliphatic rings. The van der Waals surface area contributed by atoms with Crippen molar-refractivity contribution in [2.45, 2.75) is 70.8 Å². The molecule has 158 valence electrons. The van der Waals surface area contributed by atoms with Crippen molar-refractivity contribution in [1.82, 2.24) is 4.67 Å². The van der Waals surface area contributed by atoms with Gasteiger partial charge in [0.1, 0.15) is 5.75 Å². The lowest BCUT2D eigenvalue weighted by molar-refractivity contribution is -0.310. The molecule has 0 saturated carbocycles. The maximum atomic E-state index is 13.9. The summed E-state index contributed by atoms with van der Waals surface area (Å²) < 4.78 is 26.4. The second-order valence-corrected chi connectivity index (χ2v) is 9.64. The number of unbranched alkanes of at least 4 members (excludes halogenated alkanes) is 5. The molecule has 2 atom stereocenters. The van der Waals surface area contributed by atoms with Crippen LogP contribution in [-0.2, 0) is 13.9 Å². The van der Waals surface area contributed by atoms with Gasteiger partial charge in [0.05, 0.1) is 31.0 Å². The van der Waals surface area contributed by atoms with E-state index in [9.17, 15) is 14.5 Å². The Hall–Kier alpha value is -1.36. The summed E-state index contributed by atoms with van der Waals surface area (Å²) in [7, 11) is -1.90. The van der Waals surface area contributed by atoms with Gasteiger partial charge >= 0.3 is 7.52 Å². The number of rotatable bonds is 11. The third kappa shape index (κ3) is 6.07. The van der Waals surface area contributed by atoms with Gasteiger partial charge in [0.2, 0.25) is 0 Å². The van der Waals surface area contributed by atoms with E-state index in [4.69, 9.17) is 9.26 Å². The molecule has 6 nitrogen and oxygen atoms in total. The lowest BCUT2D eigenvalue weighted by Crippen LogP contribution is -2.48. The average molecular weight is 410 g/mol. The first-order valence-corrected chi connectivity index (χ1v) is 12.0. The second-order valence-electron chi connectivity index (χ2n) is 7.31. The predicted molar refractivity (Wildman–Crippen MR) is 109 cm³/mol. The number of carbonyl (C=O) groups excluding carboxylic acids is 1. The van der Waals surface area contributed by atoms with E-state index in [1.165, 1.54) is 19.3 Å². The van der Waals surface area contributed by atoms with Crippen LogP contribution in [0, 0.1) is 0 Å². The van der Waals surface area contributed by atoms with Crippen molar-refractivity contribution in [3.8, 4) is 5.75 Å². The van der Waals surface area contributed by atoms with Gasteiger partial charge in [0, 0.05) is 6.54 Å². The minimum atomic E-state index is -3.47. The Kier molecular flexibility index (Phi) is 9.49. The van der Waals surface area contributed by atoms with E-state index in [0.29, 0.717) is 30.6 Å². The molecule has 1 aromatic rings. The molecular formula is C21H33NO5P-. The fourth-order valence-electron chi connectivity index (χ4n) is 3.61. The highest BCUT2D eigenvalue weighted by Gasteiger charge is 2.40. The molecule has 0 bridgehead atoms. The van der Waals surface area contributed by atoms with Crippen LogP contribution >= 0.6 is 7.52 Å². The maximum Gasteiger partial charge on any atom is 0.302 e. The van der Waals surface area contributed by atoms with Crippen molar-refractivity contribution in [3.05, 3.63) is 24.3 Å². The number of hydrogen-bond donors (Lipinski definition) is 0. The number of ether oxygens (including phenoxy) is 1. The van der Waals surface area contributed by atoms with E-state index >= 15 is 0 Å². The monoisotopic (exact) mass is 410 g/mol. The standard InChI is InChI=1S/C21H34NO5P/c1-3-4-5-6-7-8-11-20(21(23)24)22-16-9-10-17-27-28(22,25)19-14-12-18(26-2)13-15-19/h12-15,20H,3-11,16-17H2,1-2H3,(H,23,24)/p-1. The first kappa shape index (κ1) is 22.9. The van der Waals surface area contributed by atoms with Crippen LogP contribution in [0.15, 0.2) is 24.3 Å². The largest absolute Gasteiger partial charge is 0.548 e. The van der Waals surface area contributed by atoms with Gasteiger partial charge in [-0.15, -0.1) is 0 Å². The van der Waals surface area contributed by atoms with Crippen LogP contribution in [0.2, 0.25) is 0 Å². The summed E-state index contributed by atoms with van der Waals surface area (Å²) in [6, 6.07) is 5.95. The summed E-state index contributed by atoms with van der Waals surface area (Å²) in [5.41, 5.74) is 0. The van der Waals surface area contributed by atoms with E-state index in [2.05, 4.69) is 6.92 Å². The molecule has 0 N–H and O–H groups in total. The molecule has 7 heteroatoms. The van der Waals surface area contributed by atoms with Crippen molar-refractivity contribution in [2.75, 3.05) is 20.3 Å². The van der Waals surface area contributed by atoms with Gasteiger partial charge < -0.3 is 19.2 Å². The fourth-order valence-corrected chi connectivity index (χ4v) is 6.09. The molecule has 0 aromatic heterocycles. The van der Waals surface area contributed by atoms with Crippen LogP contribution in [0.1, 0.15) is 64.7 Å². The number of aliphatic carboxylic acids is 1. The van der Waals surface area contributed by atoms with Gasteiger partial charge in [-0.1, -0.05) is 45.4 Å². The van der Waals surface area contributed by atoms with Gasteiger partial charge in [-0.3, -0.25) is 4.57 Å². The molecule has 1 saturated heterocycles. The molecule has 1 aliphatic heterocycles. The van der Waals surface area contributed by atoms with Crippen molar-refractivity contribution in [3.63, 3.8) is 0 Å². The van der Waals surface area contributed by atoms with E-state index in [1.807, 2.05) is 0 Å². The lowest BCUT2D eigenvalue weighted by atomic mass is 10.1. The van der Waals surface area contributed by atoms with Crippen LogP contribution in [-0.4, -0.2) is 36.9 Å². The van der Waals surface area contributed by atoms with Crippen LogP contribution in [0.3, 0.4) is 0 Å². The molecule has 0 amide bonds. The summed E-state index contributed by atoms with van der Waals surface area (Å²) in [4.78, 5) is 11.9. The van der Waals surface area contributed by atoms with Crippen molar-refractivity contribution in [2.24, 2.45) is 0 Å². The van der Waals surface area contributed by atoms with Crippen molar-refractivity contribution >= 4 is 18.8 Å². The van der Waals surface area contributed by atoms with Crippen LogP contribution in [0.5, 0.6) is 5.75 Å². The first-order valence-electron chi connectivity index (χ1n) is 10.4. The number of carboxylic acid groups (broad SMARTS) is 1. The molecular weight excluding hydrogens is 377 g/mol. The average Bonchev–Trinajstić information content (AvgIpc) is 2.89.